The van der Waals surface area contributed by atoms with Crippen LogP contribution in [0.15, 0.2) is 34.7 Å². The molecule has 1 aromatic heterocycles. The van der Waals surface area contributed by atoms with Crippen LogP contribution in [0, 0.1) is 40.2 Å². The number of hydrogen-bond acceptors (Lipinski definition) is 5. The van der Waals surface area contributed by atoms with E-state index in [4.69, 9.17) is 9.15 Å². The number of ether oxygens (including phenoxy) is 1. The summed E-state index contributed by atoms with van der Waals surface area (Å²) in [5.74, 6) is 3.74. The summed E-state index contributed by atoms with van der Waals surface area (Å²) in [7, 11) is 0. The van der Waals surface area contributed by atoms with Crippen molar-refractivity contribution in [1.82, 2.24) is 5.32 Å². The largest absolute Gasteiger partial charge is 0.486 e. The maximum absolute atomic E-state index is 13.0. The fourth-order valence-electron chi connectivity index (χ4n) is 7.18. The number of nitro benzene ring substituents is 1. The van der Waals surface area contributed by atoms with Crippen molar-refractivity contribution in [2.45, 2.75) is 71.4 Å². The van der Waals surface area contributed by atoms with Crippen LogP contribution in [0.1, 0.15) is 73.7 Å². The molecule has 4 bridgehead atoms. The first-order chi connectivity index (χ1) is 15.8. The minimum atomic E-state index is -0.413. The average molecular weight is 453 g/mol. The third kappa shape index (κ3) is 4.25. The molecule has 4 saturated carbocycles. The number of amides is 1. The van der Waals surface area contributed by atoms with Crippen molar-refractivity contribution < 1.29 is 18.9 Å². The summed E-state index contributed by atoms with van der Waals surface area (Å²) in [5, 5.41) is 14.3. The maximum atomic E-state index is 13.0. The fraction of sp³-hybridized carbons (Fsp3) is 0.577. The molecule has 1 amide bonds. The smallest absolute Gasteiger partial charge is 0.287 e. The van der Waals surface area contributed by atoms with E-state index in [9.17, 15) is 14.9 Å². The van der Waals surface area contributed by atoms with E-state index in [0.29, 0.717) is 22.8 Å². The lowest BCUT2D eigenvalue weighted by Gasteiger charge is -2.59. The number of carbonyl (C=O) groups excluding carboxylic acids is 1. The Morgan fingerprint density at radius 3 is 2.42 bits per heavy atom. The molecule has 1 aromatic carbocycles. The van der Waals surface area contributed by atoms with Gasteiger partial charge in [-0.2, -0.15) is 0 Å². The van der Waals surface area contributed by atoms with Gasteiger partial charge in [0.05, 0.1) is 4.92 Å². The molecular weight excluding hydrogens is 420 g/mol. The van der Waals surface area contributed by atoms with Gasteiger partial charge in [-0.25, -0.2) is 0 Å². The molecule has 4 aliphatic rings. The quantitative estimate of drug-likeness (QED) is 0.403. The van der Waals surface area contributed by atoms with E-state index in [1.54, 1.807) is 31.2 Å². The Morgan fingerprint density at radius 1 is 1.18 bits per heavy atom. The predicted octanol–water partition coefficient (Wildman–Crippen LogP) is 5.80. The molecule has 0 aliphatic heterocycles. The van der Waals surface area contributed by atoms with Crippen LogP contribution in [-0.2, 0) is 6.61 Å². The SMILES string of the molecule is CCC(NC(=O)c1ccc(COc2ccc([N+](=O)[O-])c(C)c2)o1)C12CC3CC(CC(C3)C1)C2. The van der Waals surface area contributed by atoms with Crippen LogP contribution < -0.4 is 10.1 Å². The first-order valence-corrected chi connectivity index (χ1v) is 12.1. The van der Waals surface area contributed by atoms with Gasteiger partial charge in [0.2, 0.25) is 0 Å². The number of nitro groups is 1. The highest BCUT2D eigenvalue weighted by Gasteiger charge is 2.54. The van der Waals surface area contributed by atoms with Crippen molar-refractivity contribution in [1.29, 1.82) is 0 Å². The normalized spacial score (nSPS) is 28.5. The zero-order valence-electron chi connectivity index (χ0n) is 19.3. The second kappa shape index (κ2) is 8.50. The lowest BCUT2D eigenvalue weighted by Crippen LogP contribution is -2.56. The van der Waals surface area contributed by atoms with Crippen molar-refractivity contribution in [3.05, 3.63) is 57.5 Å². The van der Waals surface area contributed by atoms with Gasteiger partial charge in [0.15, 0.2) is 5.76 Å². The van der Waals surface area contributed by atoms with E-state index in [0.717, 1.165) is 24.2 Å². The maximum Gasteiger partial charge on any atom is 0.287 e. The van der Waals surface area contributed by atoms with E-state index < -0.39 is 4.92 Å². The molecule has 1 heterocycles. The number of nitrogens with zero attached hydrogens (tertiary/aromatic N) is 1. The molecule has 4 aliphatic carbocycles. The van der Waals surface area contributed by atoms with Crippen molar-refractivity contribution in [2.24, 2.45) is 23.2 Å². The van der Waals surface area contributed by atoms with Crippen LogP contribution in [0.3, 0.4) is 0 Å². The molecule has 0 radical (unpaired) electrons. The van der Waals surface area contributed by atoms with E-state index in [-0.39, 0.29) is 29.7 Å². The van der Waals surface area contributed by atoms with Crippen molar-refractivity contribution in [2.75, 3.05) is 0 Å². The summed E-state index contributed by atoms with van der Waals surface area (Å²) in [6.45, 7) is 4.00. The van der Waals surface area contributed by atoms with Crippen molar-refractivity contribution in [3.8, 4) is 5.75 Å². The Labute approximate surface area is 194 Å². The highest BCUT2D eigenvalue weighted by atomic mass is 16.6. The third-order valence-corrected chi connectivity index (χ3v) is 8.17. The Bertz CT molecular complexity index is 1020. The lowest BCUT2D eigenvalue weighted by atomic mass is 9.47. The minimum absolute atomic E-state index is 0.0591. The second-order valence-electron chi connectivity index (χ2n) is 10.5. The van der Waals surface area contributed by atoms with E-state index in [1.807, 2.05) is 0 Å². The summed E-state index contributed by atoms with van der Waals surface area (Å²) < 4.78 is 11.5. The highest BCUT2D eigenvalue weighted by molar-refractivity contribution is 5.91. The summed E-state index contributed by atoms with van der Waals surface area (Å²) in [6.07, 6.45) is 8.86. The summed E-state index contributed by atoms with van der Waals surface area (Å²) >= 11 is 0. The first kappa shape index (κ1) is 22.0. The lowest BCUT2D eigenvalue weighted by molar-refractivity contribution is -0.385. The van der Waals surface area contributed by atoms with E-state index in [1.165, 1.54) is 44.6 Å². The number of rotatable bonds is 8. The van der Waals surface area contributed by atoms with Gasteiger partial charge in [0.25, 0.3) is 11.6 Å². The van der Waals surface area contributed by atoms with Gasteiger partial charge < -0.3 is 14.5 Å². The molecule has 1 atom stereocenters. The number of benzene rings is 1. The van der Waals surface area contributed by atoms with Gasteiger partial charge in [-0.15, -0.1) is 0 Å². The van der Waals surface area contributed by atoms with E-state index in [2.05, 4.69) is 12.2 Å². The number of nitrogens with one attached hydrogen (secondary N) is 1. The van der Waals surface area contributed by atoms with Gasteiger partial charge in [0.1, 0.15) is 18.1 Å². The van der Waals surface area contributed by atoms with Gasteiger partial charge >= 0.3 is 0 Å². The van der Waals surface area contributed by atoms with Crippen molar-refractivity contribution >= 4 is 11.6 Å². The number of hydrogen-bond donors (Lipinski definition) is 1. The van der Waals surface area contributed by atoms with Gasteiger partial charge in [0, 0.05) is 17.7 Å². The van der Waals surface area contributed by atoms with Crippen LogP contribution in [0.4, 0.5) is 5.69 Å². The van der Waals surface area contributed by atoms with Crippen LogP contribution in [0.5, 0.6) is 5.75 Å². The van der Waals surface area contributed by atoms with Gasteiger partial charge in [-0.3, -0.25) is 14.9 Å². The Kier molecular flexibility index (Phi) is 5.67. The predicted molar refractivity (Wildman–Crippen MR) is 123 cm³/mol. The molecule has 1 unspecified atom stereocenters. The zero-order chi connectivity index (χ0) is 23.2. The third-order valence-electron chi connectivity index (χ3n) is 8.17. The van der Waals surface area contributed by atoms with Crippen molar-refractivity contribution in [3.63, 3.8) is 0 Å². The van der Waals surface area contributed by atoms with Crippen LogP contribution in [0.25, 0.3) is 0 Å². The molecule has 1 N–H and O–H groups in total. The second-order valence-corrected chi connectivity index (χ2v) is 10.5. The summed E-state index contributed by atoms with van der Waals surface area (Å²) in [5.41, 5.74) is 0.849. The molecule has 7 heteroatoms. The van der Waals surface area contributed by atoms with Crippen LogP contribution >= 0.6 is 0 Å². The fourth-order valence-corrected chi connectivity index (χ4v) is 7.18. The molecule has 176 valence electrons. The summed E-state index contributed by atoms with van der Waals surface area (Å²) in [6, 6.07) is 8.26. The Balaban J connectivity index is 1.21. The molecule has 33 heavy (non-hydrogen) atoms. The van der Waals surface area contributed by atoms with E-state index >= 15 is 0 Å². The Morgan fingerprint density at radius 2 is 1.85 bits per heavy atom. The van der Waals surface area contributed by atoms with Gasteiger partial charge in [-0.1, -0.05) is 6.92 Å². The molecular formula is C26H32N2O5. The van der Waals surface area contributed by atoms with Crippen LogP contribution in [-0.4, -0.2) is 16.9 Å². The number of aryl methyl sites for hydroxylation is 1. The summed E-state index contributed by atoms with van der Waals surface area (Å²) in [4.78, 5) is 23.6. The molecule has 4 fully saturated rings. The first-order valence-electron chi connectivity index (χ1n) is 12.1. The molecule has 2 aromatic rings. The zero-order valence-corrected chi connectivity index (χ0v) is 19.3. The van der Waals surface area contributed by atoms with Crippen LogP contribution in [0.2, 0.25) is 0 Å². The highest BCUT2D eigenvalue weighted by Crippen LogP contribution is 2.61. The number of carbonyl (C=O) groups is 1. The molecule has 6 rings (SSSR count). The standard InChI is InChI=1S/C26H32N2O5/c1-3-24(26-12-17-9-18(13-26)11-19(10-17)14-26)27-25(29)23-7-5-21(33-23)15-32-20-4-6-22(28(30)31)16(2)8-20/h4-8,17-19,24H,3,9-15H2,1-2H3,(H,27,29). The molecule has 7 nitrogen and oxygen atoms in total. The minimum Gasteiger partial charge on any atom is -0.486 e. The topological polar surface area (TPSA) is 94.6 Å². The Hall–Kier alpha value is -2.83. The molecule has 0 spiro atoms. The van der Waals surface area contributed by atoms with Gasteiger partial charge in [-0.05, 0) is 99.3 Å². The average Bonchev–Trinajstić information content (AvgIpc) is 3.24. The molecule has 0 saturated heterocycles. The number of furan rings is 1. The monoisotopic (exact) mass is 452 g/mol.